The molecule has 2 atom stereocenters. The van der Waals surface area contributed by atoms with Crippen molar-refractivity contribution in [2.24, 2.45) is 0 Å². The standard InChI is InChI=1S/C14H28N2O/c1-2-16(10-8-14-7-5-11-17-14)12-13-6-3-4-9-15-13/h13-15H,2-12H2,1H3. The van der Waals surface area contributed by atoms with Crippen molar-refractivity contribution in [3.05, 3.63) is 0 Å². The van der Waals surface area contributed by atoms with Crippen LogP contribution in [0.2, 0.25) is 0 Å². The van der Waals surface area contributed by atoms with Gasteiger partial charge in [0.1, 0.15) is 0 Å². The van der Waals surface area contributed by atoms with E-state index in [1.807, 2.05) is 0 Å². The quantitative estimate of drug-likeness (QED) is 0.769. The fraction of sp³-hybridized carbons (Fsp3) is 1.00. The van der Waals surface area contributed by atoms with Crippen molar-refractivity contribution >= 4 is 0 Å². The molecule has 2 saturated heterocycles. The minimum Gasteiger partial charge on any atom is -0.378 e. The summed E-state index contributed by atoms with van der Waals surface area (Å²) in [4.78, 5) is 2.59. The first-order chi connectivity index (χ1) is 8.38. The van der Waals surface area contributed by atoms with Gasteiger partial charge in [-0.3, -0.25) is 0 Å². The van der Waals surface area contributed by atoms with E-state index in [9.17, 15) is 0 Å². The highest BCUT2D eigenvalue weighted by atomic mass is 16.5. The van der Waals surface area contributed by atoms with Gasteiger partial charge in [0.05, 0.1) is 6.10 Å². The maximum atomic E-state index is 5.70. The van der Waals surface area contributed by atoms with E-state index in [-0.39, 0.29) is 0 Å². The molecule has 0 bridgehead atoms. The number of ether oxygens (including phenoxy) is 1. The van der Waals surface area contributed by atoms with Crippen LogP contribution in [0.25, 0.3) is 0 Å². The first-order valence-corrected chi connectivity index (χ1v) is 7.46. The van der Waals surface area contributed by atoms with Gasteiger partial charge in [-0.1, -0.05) is 13.3 Å². The summed E-state index contributed by atoms with van der Waals surface area (Å²) < 4.78 is 5.70. The maximum Gasteiger partial charge on any atom is 0.0588 e. The minimum atomic E-state index is 0.545. The molecule has 0 aromatic carbocycles. The summed E-state index contributed by atoms with van der Waals surface area (Å²) in [6.45, 7) is 8.08. The molecule has 0 aliphatic carbocycles. The monoisotopic (exact) mass is 240 g/mol. The lowest BCUT2D eigenvalue weighted by atomic mass is 10.0. The topological polar surface area (TPSA) is 24.5 Å². The molecule has 17 heavy (non-hydrogen) atoms. The van der Waals surface area contributed by atoms with Crippen LogP contribution >= 0.6 is 0 Å². The number of rotatable bonds is 6. The van der Waals surface area contributed by atoms with Crippen LogP contribution in [0, 0.1) is 0 Å². The molecule has 0 aromatic rings. The van der Waals surface area contributed by atoms with Gasteiger partial charge in [-0.25, -0.2) is 0 Å². The minimum absolute atomic E-state index is 0.545. The molecule has 2 aliphatic heterocycles. The second-order valence-corrected chi connectivity index (χ2v) is 5.46. The van der Waals surface area contributed by atoms with Crippen molar-refractivity contribution in [3.8, 4) is 0 Å². The van der Waals surface area contributed by atoms with E-state index >= 15 is 0 Å². The van der Waals surface area contributed by atoms with Crippen LogP contribution < -0.4 is 5.32 Å². The lowest BCUT2D eigenvalue weighted by molar-refractivity contribution is 0.0905. The summed E-state index contributed by atoms with van der Waals surface area (Å²) in [5.41, 5.74) is 0. The molecule has 2 heterocycles. The van der Waals surface area contributed by atoms with Crippen LogP contribution in [0.3, 0.4) is 0 Å². The van der Waals surface area contributed by atoms with Gasteiger partial charge in [-0.2, -0.15) is 0 Å². The summed E-state index contributed by atoms with van der Waals surface area (Å²) in [5.74, 6) is 0. The average Bonchev–Trinajstić information content (AvgIpc) is 2.89. The van der Waals surface area contributed by atoms with Crippen LogP contribution in [0.1, 0.15) is 45.4 Å². The smallest absolute Gasteiger partial charge is 0.0588 e. The predicted octanol–water partition coefficient (Wildman–Crippen LogP) is 2.02. The number of hydrogen-bond acceptors (Lipinski definition) is 3. The highest BCUT2D eigenvalue weighted by molar-refractivity contribution is 4.76. The SMILES string of the molecule is CCN(CCC1CCCO1)CC1CCCCN1. The average molecular weight is 240 g/mol. The third-order valence-electron chi connectivity index (χ3n) is 4.13. The van der Waals surface area contributed by atoms with Crippen LogP contribution in [0.15, 0.2) is 0 Å². The van der Waals surface area contributed by atoms with Crippen molar-refractivity contribution in [1.82, 2.24) is 10.2 Å². The molecule has 0 saturated carbocycles. The second kappa shape index (κ2) is 7.34. The van der Waals surface area contributed by atoms with E-state index in [4.69, 9.17) is 4.74 Å². The van der Waals surface area contributed by atoms with E-state index in [1.54, 1.807) is 0 Å². The molecule has 100 valence electrons. The normalized spacial score (nSPS) is 30.0. The fourth-order valence-electron chi connectivity index (χ4n) is 2.97. The molecule has 1 N–H and O–H groups in total. The predicted molar refractivity (Wildman–Crippen MR) is 71.3 cm³/mol. The molecule has 3 nitrogen and oxygen atoms in total. The summed E-state index contributed by atoms with van der Waals surface area (Å²) >= 11 is 0. The van der Waals surface area contributed by atoms with E-state index in [0.717, 1.165) is 12.6 Å². The number of nitrogens with one attached hydrogen (secondary N) is 1. The maximum absolute atomic E-state index is 5.70. The number of hydrogen-bond donors (Lipinski definition) is 1. The van der Waals surface area contributed by atoms with Gasteiger partial charge in [-0.15, -0.1) is 0 Å². The Morgan fingerprint density at radius 2 is 2.18 bits per heavy atom. The molecule has 0 spiro atoms. The van der Waals surface area contributed by atoms with Crippen LogP contribution in [-0.2, 0) is 4.74 Å². The highest BCUT2D eigenvalue weighted by Gasteiger charge is 2.19. The Morgan fingerprint density at radius 1 is 1.24 bits per heavy atom. The van der Waals surface area contributed by atoms with E-state index < -0.39 is 0 Å². The number of likely N-dealkylation sites (N-methyl/N-ethyl adjacent to an activating group) is 1. The van der Waals surface area contributed by atoms with Crippen LogP contribution in [0.5, 0.6) is 0 Å². The molecule has 2 aliphatic rings. The van der Waals surface area contributed by atoms with Crippen molar-refractivity contribution in [1.29, 1.82) is 0 Å². The largest absolute Gasteiger partial charge is 0.378 e. The zero-order valence-corrected chi connectivity index (χ0v) is 11.3. The Kier molecular flexibility index (Phi) is 5.75. The van der Waals surface area contributed by atoms with Crippen molar-refractivity contribution in [2.45, 2.75) is 57.6 Å². The second-order valence-electron chi connectivity index (χ2n) is 5.46. The van der Waals surface area contributed by atoms with E-state index in [2.05, 4.69) is 17.1 Å². The van der Waals surface area contributed by atoms with E-state index in [0.29, 0.717) is 6.10 Å². The zero-order chi connectivity index (χ0) is 11.9. The molecular weight excluding hydrogens is 212 g/mol. The Bertz CT molecular complexity index is 198. The lowest BCUT2D eigenvalue weighted by Crippen LogP contribution is -2.44. The Labute approximate surface area is 106 Å². The number of piperidine rings is 1. The third kappa shape index (κ3) is 4.57. The molecule has 0 amide bonds. The Balaban J connectivity index is 1.64. The van der Waals surface area contributed by atoms with Gasteiger partial charge in [0.25, 0.3) is 0 Å². The molecule has 0 radical (unpaired) electrons. The summed E-state index contributed by atoms with van der Waals surface area (Å²) in [6.07, 6.45) is 8.43. The van der Waals surface area contributed by atoms with Crippen LogP contribution in [-0.4, -0.2) is 49.8 Å². The molecule has 2 unspecified atom stereocenters. The van der Waals surface area contributed by atoms with E-state index in [1.165, 1.54) is 64.7 Å². The summed E-state index contributed by atoms with van der Waals surface area (Å²) in [5, 5.41) is 3.64. The first-order valence-electron chi connectivity index (χ1n) is 7.46. The van der Waals surface area contributed by atoms with Gasteiger partial charge in [-0.05, 0) is 45.2 Å². The fourth-order valence-corrected chi connectivity index (χ4v) is 2.97. The van der Waals surface area contributed by atoms with Crippen molar-refractivity contribution in [2.75, 3.05) is 32.8 Å². The summed E-state index contributed by atoms with van der Waals surface area (Å²) in [6, 6.07) is 0.730. The Hall–Kier alpha value is -0.120. The first kappa shape index (κ1) is 13.3. The molecule has 2 fully saturated rings. The van der Waals surface area contributed by atoms with Gasteiger partial charge < -0.3 is 15.0 Å². The summed E-state index contributed by atoms with van der Waals surface area (Å²) in [7, 11) is 0. The number of nitrogens with zero attached hydrogens (tertiary/aromatic N) is 1. The molecular formula is C14H28N2O. The van der Waals surface area contributed by atoms with Crippen molar-refractivity contribution < 1.29 is 4.74 Å². The van der Waals surface area contributed by atoms with Crippen LogP contribution in [0.4, 0.5) is 0 Å². The molecule has 3 heteroatoms. The van der Waals surface area contributed by atoms with Gasteiger partial charge >= 0.3 is 0 Å². The highest BCUT2D eigenvalue weighted by Crippen LogP contribution is 2.16. The zero-order valence-electron chi connectivity index (χ0n) is 11.3. The van der Waals surface area contributed by atoms with Gasteiger partial charge in [0, 0.05) is 25.7 Å². The molecule has 0 aromatic heterocycles. The van der Waals surface area contributed by atoms with Gasteiger partial charge in [0.15, 0.2) is 0 Å². The third-order valence-corrected chi connectivity index (χ3v) is 4.13. The Morgan fingerprint density at radius 3 is 2.82 bits per heavy atom. The van der Waals surface area contributed by atoms with Crippen molar-refractivity contribution in [3.63, 3.8) is 0 Å². The van der Waals surface area contributed by atoms with Gasteiger partial charge in [0.2, 0.25) is 0 Å². The molecule has 2 rings (SSSR count). The lowest BCUT2D eigenvalue weighted by Gasteiger charge is -2.30.